The van der Waals surface area contributed by atoms with Crippen LogP contribution in [0.4, 0.5) is 13.2 Å². The van der Waals surface area contributed by atoms with Crippen LogP contribution < -0.4 is 0 Å². The van der Waals surface area contributed by atoms with Gasteiger partial charge in [-0.15, -0.1) is 0 Å². The molecule has 10 heteroatoms. The van der Waals surface area contributed by atoms with Gasteiger partial charge in [0.1, 0.15) is 12.0 Å². The molecule has 1 rings (SSSR count). The highest BCUT2D eigenvalue weighted by atomic mass is 19.4. The first-order valence-electron chi connectivity index (χ1n) is 12.1. The maximum Gasteiger partial charge on any atom is 0.432 e. The predicted molar refractivity (Wildman–Crippen MR) is 130 cm³/mol. The highest BCUT2D eigenvalue weighted by molar-refractivity contribution is 5.83. The lowest BCUT2D eigenvalue weighted by molar-refractivity contribution is -0.279. The number of esters is 3. The molecule has 0 saturated heterocycles. The molecule has 0 radical (unpaired) electrons. The molecular formula is C27H37F3O7. The molecule has 0 heterocycles. The highest BCUT2D eigenvalue weighted by Crippen LogP contribution is 2.44. The van der Waals surface area contributed by atoms with Gasteiger partial charge >= 0.3 is 24.1 Å². The lowest BCUT2D eigenvalue weighted by Gasteiger charge is -2.36. The first kappa shape index (κ1) is 32.1. The zero-order valence-corrected chi connectivity index (χ0v) is 22.2. The summed E-state index contributed by atoms with van der Waals surface area (Å²) in [7, 11) is 3.24. The summed E-state index contributed by atoms with van der Waals surface area (Å²) in [6, 6.07) is 6.48. The van der Waals surface area contributed by atoms with Gasteiger partial charge in [0, 0.05) is 19.1 Å². The minimum atomic E-state index is -5.15. The van der Waals surface area contributed by atoms with Crippen LogP contribution >= 0.6 is 0 Å². The van der Waals surface area contributed by atoms with Crippen molar-refractivity contribution in [1.29, 1.82) is 0 Å². The van der Waals surface area contributed by atoms with Crippen molar-refractivity contribution in [3.05, 3.63) is 48.0 Å². The van der Waals surface area contributed by atoms with Crippen molar-refractivity contribution < 1.29 is 46.5 Å². The van der Waals surface area contributed by atoms with Crippen molar-refractivity contribution in [2.24, 2.45) is 17.8 Å². The molecule has 0 amide bonds. The molecule has 1 aromatic carbocycles. The van der Waals surface area contributed by atoms with E-state index in [4.69, 9.17) is 14.2 Å². The fourth-order valence-electron chi connectivity index (χ4n) is 3.87. The number of methoxy groups -OCH3 is 3. The lowest BCUT2D eigenvalue weighted by Crippen LogP contribution is -2.53. The highest BCUT2D eigenvalue weighted by Gasteiger charge is 2.64. The quantitative estimate of drug-likeness (QED) is 0.181. The standard InChI is InChI=1S/C27H37F3O7/c1-7-19(3)23(21(24(32)35-5)15-11-12-18(2)16-17-22(31)34-4)37-25(33)26(36-6,27(28,29)30)20-13-9-8-10-14-20/h8-11,13-15,18-19,21,23H,7,12,16-17H2,1-6H3/b15-11+/t18-,19-,21+,23+,26-/m0/s1. The Morgan fingerprint density at radius 2 is 1.62 bits per heavy atom. The topological polar surface area (TPSA) is 88.1 Å². The van der Waals surface area contributed by atoms with E-state index < -0.39 is 47.2 Å². The molecule has 5 atom stereocenters. The fourth-order valence-corrected chi connectivity index (χ4v) is 3.87. The molecule has 1 aromatic rings. The molecule has 0 spiro atoms. The van der Waals surface area contributed by atoms with Crippen LogP contribution in [0.15, 0.2) is 42.5 Å². The molecule has 0 fully saturated rings. The SMILES string of the molecule is CC[C@H](C)[C@@H](OC(=O)[C@@](OC)(c1ccccc1)C(F)(F)F)[C@@H](/C=C/C[C@H](C)CCC(=O)OC)C(=O)OC. The Balaban J connectivity index is 3.33. The smallest absolute Gasteiger partial charge is 0.432 e. The van der Waals surface area contributed by atoms with E-state index >= 15 is 0 Å². The van der Waals surface area contributed by atoms with Crippen molar-refractivity contribution in [3.8, 4) is 0 Å². The second kappa shape index (κ2) is 14.8. The molecular weight excluding hydrogens is 493 g/mol. The van der Waals surface area contributed by atoms with Gasteiger partial charge in [-0.05, 0) is 24.7 Å². The molecule has 7 nitrogen and oxygen atoms in total. The van der Waals surface area contributed by atoms with Crippen LogP contribution in [0.3, 0.4) is 0 Å². The molecule has 208 valence electrons. The van der Waals surface area contributed by atoms with Crippen LogP contribution in [-0.4, -0.2) is 51.5 Å². The van der Waals surface area contributed by atoms with E-state index in [-0.39, 0.29) is 18.3 Å². The van der Waals surface area contributed by atoms with Gasteiger partial charge in [0.2, 0.25) is 0 Å². The van der Waals surface area contributed by atoms with E-state index in [1.807, 2.05) is 6.92 Å². The zero-order valence-electron chi connectivity index (χ0n) is 22.2. The van der Waals surface area contributed by atoms with Gasteiger partial charge < -0.3 is 18.9 Å². The monoisotopic (exact) mass is 530 g/mol. The zero-order chi connectivity index (χ0) is 28.2. The summed E-state index contributed by atoms with van der Waals surface area (Å²) in [5.74, 6) is -4.36. The Bertz CT molecular complexity index is 901. The Labute approximate surface area is 216 Å². The number of hydrogen-bond donors (Lipinski definition) is 0. The van der Waals surface area contributed by atoms with Crippen molar-refractivity contribution >= 4 is 17.9 Å². The van der Waals surface area contributed by atoms with Gasteiger partial charge in [-0.1, -0.05) is 69.7 Å². The molecule has 0 unspecified atom stereocenters. The van der Waals surface area contributed by atoms with Gasteiger partial charge in [-0.25, -0.2) is 4.79 Å². The average molecular weight is 531 g/mol. The van der Waals surface area contributed by atoms with Gasteiger partial charge in [0.25, 0.3) is 5.60 Å². The summed E-state index contributed by atoms with van der Waals surface area (Å²) in [4.78, 5) is 37.3. The van der Waals surface area contributed by atoms with Crippen molar-refractivity contribution in [1.82, 2.24) is 0 Å². The summed E-state index contributed by atoms with van der Waals surface area (Å²) in [5, 5.41) is 0. The van der Waals surface area contributed by atoms with E-state index in [1.165, 1.54) is 31.4 Å². The van der Waals surface area contributed by atoms with Gasteiger partial charge in [-0.3, -0.25) is 9.59 Å². The van der Waals surface area contributed by atoms with Crippen molar-refractivity contribution in [2.75, 3.05) is 21.3 Å². The second-order valence-electron chi connectivity index (χ2n) is 8.94. The maximum absolute atomic E-state index is 14.4. The summed E-state index contributed by atoms with van der Waals surface area (Å²) in [5.41, 5.74) is -3.82. The number of ether oxygens (including phenoxy) is 4. The number of halogens is 3. The number of rotatable bonds is 14. The minimum absolute atomic E-state index is 0.0581. The molecule has 0 aliphatic heterocycles. The Hall–Kier alpha value is -2.88. The van der Waals surface area contributed by atoms with Crippen LogP contribution in [0.2, 0.25) is 0 Å². The van der Waals surface area contributed by atoms with Crippen LogP contribution in [0.5, 0.6) is 0 Å². The Morgan fingerprint density at radius 3 is 2.11 bits per heavy atom. The minimum Gasteiger partial charge on any atom is -0.469 e. The number of carbonyl (C=O) groups excluding carboxylic acids is 3. The predicted octanol–water partition coefficient (Wildman–Crippen LogP) is 5.37. The molecule has 37 heavy (non-hydrogen) atoms. The fraction of sp³-hybridized carbons (Fsp3) is 0.593. The molecule has 0 aliphatic carbocycles. The van der Waals surface area contributed by atoms with Crippen LogP contribution in [-0.2, 0) is 38.9 Å². The summed E-state index contributed by atoms with van der Waals surface area (Å²) in [6.45, 7) is 5.34. The number of benzene rings is 1. The van der Waals surface area contributed by atoms with E-state index in [9.17, 15) is 27.6 Å². The summed E-state index contributed by atoms with van der Waals surface area (Å²) >= 11 is 0. The van der Waals surface area contributed by atoms with E-state index in [1.54, 1.807) is 19.9 Å². The van der Waals surface area contributed by atoms with Gasteiger partial charge in [0.15, 0.2) is 0 Å². The Morgan fingerprint density at radius 1 is 1.00 bits per heavy atom. The number of alkyl halides is 3. The van der Waals surface area contributed by atoms with Gasteiger partial charge in [-0.2, -0.15) is 13.2 Å². The summed E-state index contributed by atoms with van der Waals surface area (Å²) in [6.07, 6.45) is -1.59. The lowest BCUT2D eigenvalue weighted by atomic mass is 9.88. The van der Waals surface area contributed by atoms with Gasteiger partial charge in [0.05, 0.1) is 14.2 Å². The first-order valence-corrected chi connectivity index (χ1v) is 12.1. The second-order valence-corrected chi connectivity index (χ2v) is 8.94. The van der Waals surface area contributed by atoms with Crippen molar-refractivity contribution in [2.45, 2.75) is 64.3 Å². The van der Waals surface area contributed by atoms with E-state index in [2.05, 4.69) is 4.74 Å². The maximum atomic E-state index is 14.4. The third-order valence-electron chi connectivity index (χ3n) is 6.40. The molecule has 0 aliphatic rings. The largest absolute Gasteiger partial charge is 0.469 e. The van der Waals surface area contributed by atoms with Crippen molar-refractivity contribution in [3.63, 3.8) is 0 Å². The number of hydrogen-bond acceptors (Lipinski definition) is 7. The normalized spacial score (nSPS) is 16.8. The number of allylic oxidation sites excluding steroid dienone is 1. The molecule has 0 bridgehead atoms. The van der Waals surface area contributed by atoms with Crippen LogP contribution in [0.25, 0.3) is 0 Å². The van der Waals surface area contributed by atoms with Crippen LogP contribution in [0.1, 0.15) is 52.0 Å². The average Bonchev–Trinajstić information content (AvgIpc) is 2.88. The van der Waals surface area contributed by atoms with E-state index in [0.29, 0.717) is 19.3 Å². The first-order chi connectivity index (χ1) is 17.4. The number of carbonyl (C=O) groups is 3. The Kier molecular flexibility index (Phi) is 12.8. The molecule has 0 N–H and O–H groups in total. The molecule has 0 saturated carbocycles. The third-order valence-corrected chi connectivity index (χ3v) is 6.40. The van der Waals surface area contributed by atoms with Crippen LogP contribution in [0, 0.1) is 17.8 Å². The van der Waals surface area contributed by atoms with E-state index in [0.717, 1.165) is 26.4 Å². The summed E-state index contributed by atoms with van der Waals surface area (Å²) < 4.78 is 62.9. The molecule has 0 aromatic heterocycles. The third kappa shape index (κ3) is 8.31.